The third-order valence-corrected chi connectivity index (χ3v) is 4.95. The summed E-state index contributed by atoms with van der Waals surface area (Å²) in [5.41, 5.74) is -0.247. The van der Waals surface area contributed by atoms with E-state index in [9.17, 15) is 4.79 Å². The average molecular weight is 292 g/mol. The van der Waals surface area contributed by atoms with Crippen LogP contribution in [-0.4, -0.2) is 60.5 Å². The molecule has 2 saturated heterocycles. The van der Waals surface area contributed by atoms with Crippen molar-refractivity contribution in [2.24, 2.45) is 0 Å². The Balaban J connectivity index is 1.46. The van der Waals surface area contributed by atoms with Gasteiger partial charge in [0.2, 0.25) is 0 Å². The summed E-state index contributed by atoms with van der Waals surface area (Å²) in [5, 5.41) is 0. The third kappa shape index (κ3) is 2.94. The minimum atomic E-state index is -0.247. The highest BCUT2D eigenvalue weighted by Crippen LogP contribution is 2.31. The van der Waals surface area contributed by atoms with Crippen LogP contribution in [0.3, 0.4) is 0 Å². The predicted molar refractivity (Wildman–Crippen MR) is 80.1 cm³/mol. The van der Waals surface area contributed by atoms with E-state index in [0.29, 0.717) is 0 Å². The Hall–Kier alpha value is -1.20. The highest BCUT2D eigenvalue weighted by atomic mass is 32.2. The normalized spacial score (nSPS) is 26.4. The number of ether oxygens (including phenoxy) is 1. The van der Waals surface area contributed by atoms with Crippen LogP contribution in [0.5, 0.6) is 0 Å². The number of likely N-dealkylation sites (tertiary alicyclic amines) is 1. The Morgan fingerprint density at radius 2 is 2.10 bits per heavy atom. The van der Waals surface area contributed by atoms with E-state index in [-0.39, 0.29) is 11.7 Å². The molecule has 2 aliphatic heterocycles. The van der Waals surface area contributed by atoms with E-state index in [1.807, 2.05) is 24.9 Å². The van der Waals surface area contributed by atoms with Crippen LogP contribution in [0.2, 0.25) is 0 Å². The number of benzene rings is 1. The number of hydrogen-bond donors (Lipinski definition) is 0. The molecule has 0 aliphatic carbocycles. The van der Waals surface area contributed by atoms with Crippen LogP contribution in [0.25, 0.3) is 0 Å². The zero-order valence-corrected chi connectivity index (χ0v) is 12.6. The second-order valence-electron chi connectivity index (χ2n) is 5.59. The molecule has 4 nitrogen and oxygen atoms in total. The lowest BCUT2D eigenvalue weighted by molar-refractivity contribution is 0.0640. The van der Waals surface area contributed by atoms with Crippen LogP contribution in [0, 0.1) is 0 Å². The largest absolute Gasteiger partial charge is 0.439 e. The number of rotatable bonds is 4. The molecule has 0 bridgehead atoms. The molecule has 1 aromatic carbocycles. The van der Waals surface area contributed by atoms with Gasteiger partial charge in [0.25, 0.3) is 0 Å². The SMILES string of the molecule is CN1C[C@]2(CCN(CCSc3ccccc3)C2)OC1=O. The van der Waals surface area contributed by atoms with Crippen molar-refractivity contribution >= 4 is 17.9 Å². The van der Waals surface area contributed by atoms with Gasteiger partial charge in [-0.15, -0.1) is 11.8 Å². The number of amides is 1. The zero-order valence-electron chi connectivity index (χ0n) is 11.7. The lowest BCUT2D eigenvalue weighted by Crippen LogP contribution is -2.37. The molecule has 2 heterocycles. The molecule has 1 amide bonds. The van der Waals surface area contributed by atoms with Gasteiger partial charge in [0.15, 0.2) is 0 Å². The van der Waals surface area contributed by atoms with Crippen molar-refractivity contribution in [3.8, 4) is 0 Å². The number of hydrogen-bond acceptors (Lipinski definition) is 4. The second-order valence-corrected chi connectivity index (χ2v) is 6.76. The molecule has 0 aromatic heterocycles. The Bertz CT molecular complexity index is 482. The fraction of sp³-hybridized carbons (Fsp3) is 0.533. The molecule has 1 aromatic rings. The summed E-state index contributed by atoms with van der Waals surface area (Å²) >= 11 is 1.88. The lowest BCUT2D eigenvalue weighted by atomic mass is 10.0. The van der Waals surface area contributed by atoms with Gasteiger partial charge in [-0.1, -0.05) is 18.2 Å². The maximum Gasteiger partial charge on any atom is 0.410 e. The molecule has 5 heteroatoms. The first kappa shape index (κ1) is 13.8. The van der Waals surface area contributed by atoms with Gasteiger partial charge >= 0.3 is 6.09 Å². The molecule has 0 N–H and O–H groups in total. The third-order valence-electron chi connectivity index (χ3n) is 3.96. The van der Waals surface area contributed by atoms with E-state index >= 15 is 0 Å². The Kier molecular flexibility index (Phi) is 3.89. The van der Waals surface area contributed by atoms with Crippen molar-refractivity contribution in [3.63, 3.8) is 0 Å². The fourth-order valence-electron chi connectivity index (χ4n) is 2.93. The van der Waals surface area contributed by atoms with Gasteiger partial charge in [-0.05, 0) is 12.1 Å². The van der Waals surface area contributed by atoms with Crippen molar-refractivity contribution in [2.45, 2.75) is 16.9 Å². The first-order valence-corrected chi connectivity index (χ1v) is 8.00. The van der Waals surface area contributed by atoms with Crippen molar-refractivity contribution in [2.75, 3.05) is 39.0 Å². The number of thioether (sulfide) groups is 1. The Labute approximate surface area is 124 Å². The highest BCUT2D eigenvalue weighted by molar-refractivity contribution is 7.99. The monoisotopic (exact) mass is 292 g/mol. The molecule has 108 valence electrons. The molecule has 0 radical (unpaired) electrons. The van der Waals surface area contributed by atoms with Gasteiger partial charge in [-0.2, -0.15) is 0 Å². The van der Waals surface area contributed by atoms with E-state index in [1.165, 1.54) is 4.90 Å². The van der Waals surface area contributed by atoms with Crippen molar-refractivity contribution < 1.29 is 9.53 Å². The van der Waals surface area contributed by atoms with E-state index in [4.69, 9.17) is 4.74 Å². The maximum absolute atomic E-state index is 11.5. The first-order valence-electron chi connectivity index (χ1n) is 7.01. The number of carbonyl (C=O) groups is 1. The zero-order chi connectivity index (χ0) is 14.0. The van der Waals surface area contributed by atoms with Crippen molar-refractivity contribution in [3.05, 3.63) is 30.3 Å². The van der Waals surface area contributed by atoms with Crippen LogP contribution < -0.4 is 0 Å². The Morgan fingerprint density at radius 3 is 2.80 bits per heavy atom. The van der Waals surface area contributed by atoms with Gasteiger partial charge in [-0.3, -0.25) is 4.90 Å². The number of likely N-dealkylation sites (N-methyl/N-ethyl adjacent to an activating group) is 1. The quantitative estimate of drug-likeness (QED) is 0.797. The molecular weight excluding hydrogens is 272 g/mol. The van der Waals surface area contributed by atoms with E-state index in [2.05, 4.69) is 29.2 Å². The molecule has 20 heavy (non-hydrogen) atoms. The fourth-order valence-corrected chi connectivity index (χ4v) is 3.87. The lowest BCUT2D eigenvalue weighted by Gasteiger charge is -2.21. The Morgan fingerprint density at radius 1 is 1.30 bits per heavy atom. The summed E-state index contributed by atoms with van der Waals surface area (Å²) in [7, 11) is 1.81. The number of nitrogens with zero attached hydrogens (tertiary/aromatic N) is 2. The molecule has 1 atom stereocenters. The molecule has 0 unspecified atom stereocenters. The minimum Gasteiger partial charge on any atom is -0.439 e. The maximum atomic E-state index is 11.5. The van der Waals surface area contributed by atoms with Crippen molar-refractivity contribution in [1.82, 2.24) is 9.80 Å². The summed E-state index contributed by atoms with van der Waals surface area (Å²) in [6.07, 6.45) is 0.782. The minimum absolute atomic E-state index is 0.175. The van der Waals surface area contributed by atoms with Crippen LogP contribution in [0.4, 0.5) is 4.79 Å². The van der Waals surface area contributed by atoms with E-state index < -0.39 is 0 Å². The van der Waals surface area contributed by atoms with Crippen LogP contribution in [0.1, 0.15) is 6.42 Å². The van der Waals surface area contributed by atoms with Crippen LogP contribution >= 0.6 is 11.8 Å². The summed E-state index contributed by atoms with van der Waals surface area (Å²) in [5.74, 6) is 1.07. The smallest absolute Gasteiger partial charge is 0.410 e. The van der Waals surface area contributed by atoms with Crippen molar-refractivity contribution in [1.29, 1.82) is 0 Å². The van der Waals surface area contributed by atoms with Crippen LogP contribution in [0.15, 0.2) is 35.2 Å². The van der Waals surface area contributed by atoms with E-state index in [1.54, 1.807) is 4.90 Å². The molecule has 3 rings (SSSR count). The van der Waals surface area contributed by atoms with Crippen LogP contribution in [-0.2, 0) is 4.74 Å². The molecule has 0 saturated carbocycles. The molecular formula is C15H20N2O2S. The number of carbonyl (C=O) groups excluding carboxylic acids is 1. The van der Waals surface area contributed by atoms with Gasteiger partial charge in [-0.25, -0.2) is 4.79 Å². The summed E-state index contributed by atoms with van der Waals surface area (Å²) < 4.78 is 5.56. The standard InChI is InChI=1S/C15H20N2O2S/c1-16-11-15(19-14(16)18)7-8-17(12-15)9-10-20-13-5-3-2-4-6-13/h2-6H,7-12H2,1H3/t15-/m0/s1. The molecule has 1 spiro atoms. The van der Waals surface area contributed by atoms with Gasteiger partial charge in [0.1, 0.15) is 5.60 Å². The average Bonchev–Trinajstić information content (AvgIpc) is 2.95. The summed E-state index contributed by atoms with van der Waals surface area (Å²) in [6.45, 7) is 3.67. The van der Waals surface area contributed by atoms with Gasteiger partial charge in [0.05, 0.1) is 6.54 Å². The molecule has 2 fully saturated rings. The van der Waals surface area contributed by atoms with Gasteiger partial charge in [0, 0.05) is 43.8 Å². The topological polar surface area (TPSA) is 32.8 Å². The second kappa shape index (κ2) is 5.66. The van der Waals surface area contributed by atoms with Gasteiger partial charge < -0.3 is 9.64 Å². The highest BCUT2D eigenvalue weighted by Gasteiger charge is 2.48. The summed E-state index contributed by atoms with van der Waals surface area (Å²) in [4.78, 5) is 16.9. The predicted octanol–water partition coefficient (Wildman–Crippen LogP) is 2.31. The van der Waals surface area contributed by atoms with E-state index in [0.717, 1.165) is 38.4 Å². The summed E-state index contributed by atoms with van der Waals surface area (Å²) in [6, 6.07) is 10.5. The first-order chi connectivity index (χ1) is 9.67. The molecule has 2 aliphatic rings.